The van der Waals surface area contributed by atoms with Crippen LogP contribution in [0.1, 0.15) is 11.7 Å². The summed E-state index contributed by atoms with van der Waals surface area (Å²) in [5, 5.41) is 0. The summed E-state index contributed by atoms with van der Waals surface area (Å²) in [5.74, 6) is -1.37. The Bertz CT molecular complexity index is 464. The molecule has 0 saturated carbocycles. The first-order chi connectivity index (χ1) is 6.79. The Morgan fingerprint density at radius 2 is 2.07 bits per heavy atom. The molecule has 0 aromatic heterocycles. The molecule has 0 saturated heterocycles. The summed E-state index contributed by atoms with van der Waals surface area (Å²) in [4.78, 5) is 0. The van der Waals surface area contributed by atoms with Gasteiger partial charge in [-0.25, -0.2) is 17.2 Å². The third-order valence-corrected chi connectivity index (χ3v) is 3.33. The molecule has 0 heterocycles. The number of rotatable bonds is 3. The van der Waals surface area contributed by atoms with Crippen molar-refractivity contribution in [1.82, 2.24) is 0 Å². The van der Waals surface area contributed by atoms with Crippen LogP contribution < -0.4 is 0 Å². The normalized spacial score (nSPS) is 13.9. The molecule has 1 rings (SSSR count). The fraction of sp³-hybridized carbons (Fsp3) is 0.250. The Morgan fingerprint density at radius 1 is 1.47 bits per heavy atom. The minimum Gasteiger partial charge on any atom is -0.241 e. The van der Waals surface area contributed by atoms with Crippen LogP contribution >= 0.6 is 26.6 Å². The van der Waals surface area contributed by atoms with E-state index in [1.165, 1.54) is 12.1 Å². The molecule has 84 valence electrons. The molecule has 2 nitrogen and oxygen atoms in total. The lowest BCUT2D eigenvalue weighted by molar-refractivity contribution is 0.375. The lowest BCUT2D eigenvalue weighted by Gasteiger charge is -2.06. The average Bonchev–Trinajstić information content (AvgIpc) is 2.06. The zero-order valence-electron chi connectivity index (χ0n) is 7.25. The van der Waals surface area contributed by atoms with E-state index >= 15 is 0 Å². The van der Waals surface area contributed by atoms with Crippen LogP contribution in [-0.2, 0) is 9.05 Å². The Kier molecular flexibility index (Phi) is 4.08. The first-order valence-corrected chi connectivity index (χ1v) is 7.08. The summed E-state index contributed by atoms with van der Waals surface area (Å²) in [6, 6.07) is 3.40. The maximum absolute atomic E-state index is 13.3. The highest BCUT2D eigenvalue weighted by Crippen LogP contribution is 2.25. The molecule has 0 aliphatic heterocycles. The summed E-state index contributed by atoms with van der Waals surface area (Å²) in [7, 11) is 0.989. The second-order valence-corrected chi connectivity index (χ2v) is 6.52. The fourth-order valence-corrected chi connectivity index (χ4v) is 2.25. The van der Waals surface area contributed by atoms with Crippen LogP contribution in [0, 0.1) is 5.82 Å². The van der Waals surface area contributed by atoms with Crippen LogP contribution in [0.15, 0.2) is 22.7 Å². The van der Waals surface area contributed by atoms with Crippen molar-refractivity contribution in [1.29, 1.82) is 0 Å². The SMILES string of the molecule is O=S(=O)(Cl)CC(F)c1ccc(F)c(Br)c1. The summed E-state index contributed by atoms with van der Waals surface area (Å²) < 4.78 is 47.4. The molecule has 1 atom stereocenters. The third kappa shape index (κ3) is 4.04. The fourth-order valence-electron chi connectivity index (χ4n) is 0.978. The third-order valence-electron chi connectivity index (χ3n) is 1.65. The number of alkyl halides is 1. The van der Waals surface area contributed by atoms with E-state index in [2.05, 4.69) is 15.9 Å². The minimum atomic E-state index is -3.91. The molecule has 0 bridgehead atoms. The molecule has 0 amide bonds. The number of hydrogen-bond acceptors (Lipinski definition) is 2. The Hall–Kier alpha value is -0.200. The second-order valence-electron chi connectivity index (χ2n) is 2.85. The number of halogens is 4. The molecule has 0 aliphatic carbocycles. The second kappa shape index (κ2) is 4.76. The average molecular weight is 320 g/mol. The van der Waals surface area contributed by atoms with Gasteiger partial charge in [0.1, 0.15) is 17.7 Å². The highest BCUT2D eigenvalue weighted by atomic mass is 79.9. The van der Waals surface area contributed by atoms with E-state index in [0.717, 1.165) is 6.07 Å². The summed E-state index contributed by atoms with van der Waals surface area (Å²) in [6.07, 6.45) is -1.76. The standard InChI is InChI=1S/C8H6BrClF2O2S/c9-6-3-5(1-2-7(6)11)8(12)4-15(10,13)14/h1-3,8H,4H2. The van der Waals surface area contributed by atoms with E-state index < -0.39 is 26.8 Å². The topological polar surface area (TPSA) is 34.1 Å². The lowest BCUT2D eigenvalue weighted by atomic mass is 10.1. The van der Waals surface area contributed by atoms with Crippen molar-refractivity contribution in [3.05, 3.63) is 34.1 Å². The van der Waals surface area contributed by atoms with Gasteiger partial charge in [-0.2, -0.15) is 0 Å². The molecule has 0 radical (unpaired) electrons. The maximum Gasteiger partial charge on any atom is 0.235 e. The van der Waals surface area contributed by atoms with Crippen molar-refractivity contribution in [2.24, 2.45) is 0 Å². The summed E-state index contributed by atoms with van der Waals surface area (Å²) in [6.45, 7) is 0. The monoisotopic (exact) mass is 318 g/mol. The van der Waals surface area contributed by atoms with E-state index in [0.29, 0.717) is 0 Å². The number of benzene rings is 1. The highest BCUT2D eigenvalue weighted by Gasteiger charge is 2.18. The molecule has 0 spiro atoms. The Balaban J connectivity index is 2.92. The van der Waals surface area contributed by atoms with Gasteiger partial charge in [0.05, 0.1) is 4.47 Å². The smallest absolute Gasteiger partial charge is 0.235 e. The maximum atomic E-state index is 13.3. The van der Waals surface area contributed by atoms with E-state index in [4.69, 9.17) is 10.7 Å². The van der Waals surface area contributed by atoms with Crippen molar-refractivity contribution < 1.29 is 17.2 Å². The first-order valence-electron chi connectivity index (χ1n) is 3.81. The van der Waals surface area contributed by atoms with Crippen LogP contribution in [0.25, 0.3) is 0 Å². The molecule has 0 fully saturated rings. The van der Waals surface area contributed by atoms with Gasteiger partial charge in [0.25, 0.3) is 0 Å². The molecule has 1 unspecified atom stereocenters. The zero-order chi connectivity index (χ0) is 11.6. The summed E-state index contributed by atoms with van der Waals surface area (Å²) >= 11 is 2.87. The minimum absolute atomic E-state index is 0.0625. The van der Waals surface area contributed by atoms with Crippen molar-refractivity contribution in [2.45, 2.75) is 6.17 Å². The van der Waals surface area contributed by atoms with Gasteiger partial charge < -0.3 is 0 Å². The molecular formula is C8H6BrClF2O2S. The van der Waals surface area contributed by atoms with E-state index in [1.54, 1.807) is 0 Å². The van der Waals surface area contributed by atoms with Gasteiger partial charge >= 0.3 is 0 Å². The van der Waals surface area contributed by atoms with Crippen LogP contribution in [-0.4, -0.2) is 14.2 Å². The van der Waals surface area contributed by atoms with Gasteiger partial charge in [0.15, 0.2) is 0 Å². The van der Waals surface area contributed by atoms with Crippen LogP contribution in [0.4, 0.5) is 8.78 Å². The van der Waals surface area contributed by atoms with E-state index in [-0.39, 0.29) is 10.0 Å². The van der Waals surface area contributed by atoms with E-state index in [1.807, 2.05) is 0 Å². The van der Waals surface area contributed by atoms with Gasteiger partial charge in [0, 0.05) is 10.7 Å². The lowest BCUT2D eigenvalue weighted by Crippen LogP contribution is -2.05. The molecule has 1 aromatic carbocycles. The summed E-state index contributed by atoms with van der Waals surface area (Å²) in [5.41, 5.74) is 0.0625. The van der Waals surface area contributed by atoms with Gasteiger partial charge in [-0.1, -0.05) is 6.07 Å². The van der Waals surface area contributed by atoms with Gasteiger partial charge in [-0.3, -0.25) is 0 Å². The molecule has 7 heteroatoms. The van der Waals surface area contributed by atoms with Gasteiger partial charge in [-0.05, 0) is 33.6 Å². The molecular weight excluding hydrogens is 314 g/mol. The van der Waals surface area contributed by atoms with E-state index in [9.17, 15) is 17.2 Å². The quantitative estimate of drug-likeness (QED) is 0.802. The van der Waals surface area contributed by atoms with Crippen LogP contribution in [0.2, 0.25) is 0 Å². The van der Waals surface area contributed by atoms with Crippen molar-refractivity contribution in [3.63, 3.8) is 0 Å². The Morgan fingerprint density at radius 3 is 2.53 bits per heavy atom. The molecule has 1 aromatic rings. The highest BCUT2D eigenvalue weighted by molar-refractivity contribution is 9.10. The van der Waals surface area contributed by atoms with Crippen molar-refractivity contribution >= 4 is 35.7 Å². The largest absolute Gasteiger partial charge is 0.241 e. The molecule has 0 aliphatic rings. The van der Waals surface area contributed by atoms with Crippen LogP contribution in [0.5, 0.6) is 0 Å². The Labute approximate surface area is 98.8 Å². The predicted octanol–water partition coefficient (Wildman–Crippen LogP) is 3.17. The van der Waals surface area contributed by atoms with Crippen molar-refractivity contribution in [2.75, 3.05) is 5.75 Å². The number of hydrogen-bond donors (Lipinski definition) is 0. The molecule has 0 N–H and O–H groups in total. The first kappa shape index (κ1) is 12.9. The molecule has 15 heavy (non-hydrogen) atoms. The predicted molar refractivity (Wildman–Crippen MR) is 57.6 cm³/mol. The van der Waals surface area contributed by atoms with Gasteiger partial charge in [-0.15, -0.1) is 0 Å². The zero-order valence-corrected chi connectivity index (χ0v) is 10.4. The van der Waals surface area contributed by atoms with Crippen molar-refractivity contribution in [3.8, 4) is 0 Å². The van der Waals surface area contributed by atoms with Gasteiger partial charge in [0.2, 0.25) is 9.05 Å². The van der Waals surface area contributed by atoms with Crippen LogP contribution in [0.3, 0.4) is 0 Å².